The predicted octanol–water partition coefficient (Wildman–Crippen LogP) is 3.65. The summed E-state index contributed by atoms with van der Waals surface area (Å²) in [5, 5.41) is 1.05. The van der Waals surface area contributed by atoms with Gasteiger partial charge in [-0.25, -0.2) is 4.98 Å². The van der Waals surface area contributed by atoms with Crippen LogP contribution in [0.5, 0.6) is 0 Å². The first-order valence-corrected chi connectivity index (χ1v) is 6.65. The molecule has 2 aromatic rings. The maximum atomic E-state index is 5.67. The van der Waals surface area contributed by atoms with Crippen molar-refractivity contribution < 1.29 is 0 Å². The topological polar surface area (TPSA) is 38.9 Å². The van der Waals surface area contributed by atoms with Crippen molar-refractivity contribution >= 4 is 27.3 Å². The van der Waals surface area contributed by atoms with Crippen molar-refractivity contribution in [3.05, 3.63) is 38.8 Å². The minimum Gasteiger partial charge on any atom is -0.326 e. The van der Waals surface area contributed by atoms with Crippen LogP contribution in [0.2, 0.25) is 0 Å². The maximum Gasteiger partial charge on any atom is 0.124 e. The first kappa shape index (κ1) is 11.8. The summed E-state index contributed by atoms with van der Waals surface area (Å²) in [5.41, 5.74) is 9.13. The molecule has 84 valence electrons. The van der Waals surface area contributed by atoms with Crippen LogP contribution in [0.15, 0.2) is 22.7 Å². The van der Waals surface area contributed by atoms with Gasteiger partial charge >= 0.3 is 0 Å². The Bertz CT molecular complexity index is 520. The van der Waals surface area contributed by atoms with Crippen molar-refractivity contribution in [1.82, 2.24) is 4.98 Å². The monoisotopic (exact) mass is 296 g/mol. The summed E-state index contributed by atoms with van der Waals surface area (Å²) in [6, 6.07) is 6.25. The summed E-state index contributed by atoms with van der Waals surface area (Å²) in [4.78, 5) is 5.73. The number of rotatable bonds is 2. The zero-order valence-electron chi connectivity index (χ0n) is 9.25. The van der Waals surface area contributed by atoms with E-state index < -0.39 is 0 Å². The second kappa shape index (κ2) is 4.65. The third-order valence-corrected chi connectivity index (χ3v) is 4.21. The Hall–Kier alpha value is -0.710. The Labute approximate surface area is 108 Å². The molecule has 1 heterocycles. The molecule has 0 saturated heterocycles. The number of nitrogens with two attached hydrogens (primary N) is 1. The molecule has 16 heavy (non-hydrogen) atoms. The lowest BCUT2D eigenvalue weighted by atomic mass is 10.1. The smallest absolute Gasteiger partial charge is 0.124 e. The zero-order valence-corrected chi connectivity index (χ0v) is 11.7. The Kier molecular flexibility index (Phi) is 3.42. The largest absolute Gasteiger partial charge is 0.326 e. The summed E-state index contributed by atoms with van der Waals surface area (Å²) < 4.78 is 1.08. The Morgan fingerprint density at radius 1 is 1.38 bits per heavy atom. The fraction of sp³-hybridized carbons (Fsp3) is 0.250. The van der Waals surface area contributed by atoms with Gasteiger partial charge in [0.1, 0.15) is 5.01 Å². The van der Waals surface area contributed by atoms with Crippen molar-refractivity contribution in [2.75, 3.05) is 0 Å². The van der Waals surface area contributed by atoms with Gasteiger partial charge in [0.15, 0.2) is 0 Å². The van der Waals surface area contributed by atoms with E-state index in [9.17, 15) is 0 Å². The van der Waals surface area contributed by atoms with Gasteiger partial charge in [-0.15, -0.1) is 11.3 Å². The third kappa shape index (κ3) is 2.19. The van der Waals surface area contributed by atoms with Crippen LogP contribution in [-0.4, -0.2) is 4.98 Å². The number of aryl methyl sites for hydroxylation is 2. The van der Waals surface area contributed by atoms with Crippen molar-refractivity contribution in [3.63, 3.8) is 0 Å². The molecule has 0 fully saturated rings. The van der Waals surface area contributed by atoms with Crippen LogP contribution in [0, 0.1) is 13.8 Å². The van der Waals surface area contributed by atoms with Crippen LogP contribution in [0.1, 0.15) is 16.1 Å². The molecule has 2 rings (SSSR count). The van der Waals surface area contributed by atoms with Gasteiger partial charge in [0.2, 0.25) is 0 Å². The Morgan fingerprint density at radius 3 is 2.75 bits per heavy atom. The molecule has 4 heteroatoms. The number of thiazole rings is 1. The van der Waals surface area contributed by atoms with Gasteiger partial charge in [0.25, 0.3) is 0 Å². The molecule has 0 unspecified atom stereocenters. The second-order valence-electron chi connectivity index (χ2n) is 3.69. The zero-order chi connectivity index (χ0) is 11.7. The number of hydrogen-bond acceptors (Lipinski definition) is 3. The summed E-state index contributed by atoms with van der Waals surface area (Å²) >= 11 is 5.17. The predicted molar refractivity (Wildman–Crippen MR) is 72.6 cm³/mol. The number of hydrogen-bond donors (Lipinski definition) is 1. The lowest BCUT2D eigenvalue weighted by molar-refractivity contribution is 1.06. The van der Waals surface area contributed by atoms with E-state index in [1.165, 1.54) is 11.1 Å². The average molecular weight is 297 g/mol. The van der Waals surface area contributed by atoms with Gasteiger partial charge in [-0.2, -0.15) is 0 Å². The van der Waals surface area contributed by atoms with Gasteiger partial charge in [-0.1, -0.05) is 22.0 Å². The van der Waals surface area contributed by atoms with Crippen LogP contribution in [0.3, 0.4) is 0 Å². The van der Waals surface area contributed by atoms with Crippen LogP contribution in [-0.2, 0) is 6.54 Å². The molecular weight excluding hydrogens is 284 g/mol. The van der Waals surface area contributed by atoms with Crippen LogP contribution >= 0.6 is 27.3 Å². The molecule has 0 saturated carbocycles. The summed E-state index contributed by atoms with van der Waals surface area (Å²) in [6.07, 6.45) is 0. The SMILES string of the molecule is Cc1ccc(Br)cc1-c1nc(C)c(CN)s1. The standard InChI is InChI=1S/C12H13BrN2S/c1-7-3-4-9(13)5-10(7)12-15-8(2)11(6-14)16-12/h3-5H,6,14H2,1-2H3. The van der Waals surface area contributed by atoms with E-state index in [2.05, 4.69) is 40.0 Å². The van der Waals surface area contributed by atoms with E-state index in [0.717, 1.165) is 20.1 Å². The van der Waals surface area contributed by atoms with Crippen LogP contribution < -0.4 is 5.73 Å². The molecule has 0 spiro atoms. The lowest BCUT2D eigenvalue weighted by Crippen LogP contribution is -1.94. The van der Waals surface area contributed by atoms with Crippen molar-refractivity contribution in [1.29, 1.82) is 0 Å². The average Bonchev–Trinajstić information content (AvgIpc) is 2.63. The summed E-state index contributed by atoms with van der Waals surface area (Å²) in [7, 11) is 0. The highest BCUT2D eigenvalue weighted by molar-refractivity contribution is 9.10. The molecular formula is C12H13BrN2S. The molecule has 1 aromatic carbocycles. The maximum absolute atomic E-state index is 5.67. The molecule has 0 aliphatic rings. The fourth-order valence-corrected chi connectivity index (χ4v) is 2.94. The summed E-state index contributed by atoms with van der Waals surface area (Å²) in [5.74, 6) is 0. The fourth-order valence-electron chi connectivity index (χ4n) is 1.56. The van der Waals surface area contributed by atoms with Crippen LogP contribution in [0.25, 0.3) is 10.6 Å². The Balaban J connectivity index is 2.53. The molecule has 2 nitrogen and oxygen atoms in total. The van der Waals surface area contributed by atoms with Crippen molar-refractivity contribution in [3.8, 4) is 10.6 Å². The highest BCUT2D eigenvalue weighted by atomic mass is 79.9. The molecule has 0 aliphatic heterocycles. The van der Waals surface area contributed by atoms with E-state index in [1.54, 1.807) is 11.3 Å². The summed E-state index contributed by atoms with van der Waals surface area (Å²) in [6.45, 7) is 4.67. The molecule has 0 amide bonds. The van der Waals surface area contributed by atoms with Gasteiger partial charge in [0.05, 0.1) is 5.69 Å². The molecule has 2 N–H and O–H groups in total. The normalized spacial score (nSPS) is 10.8. The molecule has 0 bridgehead atoms. The molecule has 0 aliphatic carbocycles. The second-order valence-corrected chi connectivity index (χ2v) is 5.69. The van der Waals surface area contributed by atoms with E-state index >= 15 is 0 Å². The van der Waals surface area contributed by atoms with Gasteiger partial charge < -0.3 is 5.73 Å². The van der Waals surface area contributed by atoms with Crippen molar-refractivity contribution in [2.24, 2.45) is 5.73 Å². The van der Waals surface area contributed by atoms with Gasteiger partial charge in [-0.3, -0.25) is 0 Å². The van der Waals surface area contributed by atoms with Crippen molar-refractivity contribution in [2.45, 2.75) is 20.4 Å². The first-order valence-electron chi connectivity index (χ1n) is 5.04. The quantitative estimate of drug-likeness (QED) is 0.919. The highest BCUT2D eigenvalue weighted by Gasteiger charge is 2.10. The third-order valence-electron chi connectivity index (χ3n) is 2.51. The lowest BCUT2D eigenvalue weighted by Gasteiger charge is -2.02. The first-order chi connectivity index (χ1) is 7.61. The molecule has 0 atom stereocenters. The minimum atomic E-state index is 0.566. The Morgan fingerprint density at radius 2 is 2.12 bits per heavy atom. The van der Waals surface area contributed by atoms with E-state index in [-0.39, 0.29) is 0 Å². The highest BCUT2D eigenvalue weighted by Crippen LogP contribution is 2.31. The van der Waals surface area contributed by atoms with E-state index in [4.69, 9.17) is 5.73 Å². The number of nitrogens with zero attached hydrogens (tertiary/aromatic N) is 1. The molecule has 0 radical (unpaired) electrons. The van der Waals surface area contributed by atoms with Crippen LogP contribution in [0.4, 0.5) is 0 Å². The number of aromatic nitrogens is 1. The van der Waals surface area contributed by atoms with E-state index in [1.807, 2.05) is 13.0 Å². The molecule has 1 aromatic heterocycles. The van der Waals surface area contributed by atoms with Gasteiger partial charge in [0, 0.05) is 21.5 Å². The number of benzene rings is 1. The number of halogens is 1. The van der Waals surface area contributed by atoms with E-state index in [0.29, 0.717) is 6.54 Å². The van der Waals surface area contributed by atoms with Gasteiger partial charge in [-0.05, 0) is 31.5 Å². The minimum absolute atomic E-state index is 0.566.